The van der Waals surface area contributed by atoms with Crippen molar-refractivity contribution < 1.29 is 14.2 Å². The minimum atomic E-state index is -0.128. The summed E-state index contributed by atoms with van der Waals surface area (Å²) in [6, 6.07) is 0. The third kappa shape index (κ3) is 4.07. The van der Waals surface area contributed by atoms with Crippen molar-refractivity contribution in [3.05, 3.63) is 6.33 Å². The number of nitrogen functional groups attached to an aromatic ring is 1. The van der Waals surface area contributed by atoms with Gasteiger partial charge in [-0.3, -0.25) is 0 Å². The predicted octanol–water partition coefficient (Wildman–Crippen LogP) is 1.26. The highest BCUT2D eigenvalue weighted by Crippen LogP contribution is 2.27. The minimum Gasteiger partial charge on any atom is -0.476 e. The summed E-state index contributed by atoms with van der Waals surface area (Å²) in [5, 5.41) is 0. The van der Waals surface area contributed by atoms with Crippen molar-refractivity contribution in [1.82, 2.24) is 9.97 Å². The van der Waals surface area contributed by atoms with E-state index in [1.54, 1.807) is 7.11 Å². The molecule has 0 radical (unpaired) electrons. The Morgan fingerprint density at radius 3 is 2.71 bits per heavy atom. The minimum absolute atomic E-state index is 0.128. The first-order chi connectivity index (χ1) is 8.19. The second kappa shape index (κ2) is 6.90. The molecule has 0 aliphatic heterocycles. The van der Waals surface area contributed by atoms with Gasteiger partial charge in [0.05, 0.1) is 13.2 Å². The van der Waals surface area contributed by atoms with Gasteiger partial charge in [0, 0.05) is 7.11 Å². The summed E-state index contributed by atoms with van der Waals surface area (Å²) < 4.78 is 15.9. The predicted molar refractivity (Wildman–Crippen MR) is 64.2 cm³/mol. The molecule has 0 saturated carbocycles. The Kier molecular flexibility index (Phi) is 5.48. The summed E-state index contributed by atoms with van der Waals surface area (Å²) in [6.07, 6.45) is 2.13. The molecule has 1 heterocycles. The van der Waals surface area contributed by atoms with Gasteiger partial charge in [-0.05, 0) is 13.3 Å². The molecule has 96 valence electrons. The lowest BCUT2D eigenvalue weighted by Crippen LogP contribution is -2.19. The first-order valence-electron chi connectivity index (χ1n) is 5.57. The zero-order valence-electron chi connectivity index (χ0n) is 10.5. The van der Waals surface area contributed by atoms with Crippen molar-refractivity contribution in [2.75, 3.05) is 26.1 Å². The monoisotopic (exact) mass is 241 g/mol. The van der Waals surface area contributed by atoms with E-state index in [-0.39, 0.29) is 6.10 Å². The van der Waals surface area contributed by atoms with Gasteiger partial charge in [0.15, 0.2) is 5.69 Å². The summed E-state index contributed by atoms with van der Waals surface area (Å²) in [7, 11) is 1.61. The number of nitrogens with two attached hydrogens (primary N) is 1. The van der Waals surface area contributed by atoms with E-state index in [0.717, 1.165) is 6.42 Å². The van der Waals surface area contributed by atoms with Crippen LogP contribution in [0.5, 0.6) is 11.8 Å². The fourth-order valence-corrected chi connectivity index (χ4v) is 1.23. The van der Waals surface area contributed by atoms with Crippen LogP contribution < -0.4 is 15.2 Å². The van der Waals surface area contributed by atoms with Crippen molar-refractivity contribution in [3.8, 4) is 11.8 Å². The molecule has 0 spiro atoms. The third-order valence-corrected chi connectivity index (χ3v) is 1.97. The van der Waals surface area contributed by atoms with Gasteiger partial charge in [0.25, 0.3) is 0 Å². The van der Waals surface area contributed by atoms with Gasteiger partial charge < -0.3 is 19.9 Å². The van der Waals surface area contributed by atoms with Gasteiger partial charge in [0.1, 0.15) is 12.4 Å². The molecule has 0 saturated heterocycles. The standard InChI is InChI=1S/C11H19N3O3/c1-4-5-16-10-9(12)11(14-7-13-10)17-8(2)6-15-3/h7-8H,4-6,12H2,1-3H3. The van der Waals surface area contributed by atoms with Crippen molar-refractivity contribution in [2.45, 2.75) is 26.4 Å². The molecule has 0 aliphatic carbocycles. The lowest BCUT2D eigenvalue weighted by molar-refractivity contribution is 0.0891. The van der Waals surface area contributed by atoms with Crippen LogP contribution in [0.2, 0.25) is 0 Å². The number of anilines is 1. The molecule has 1 unspecified atom stereocenters. The molecule has 1 rings (SSSR count). The van der Waals surface area contributed by atoms with Crippen molar-refractivity contribution in [1.29, 1.82) is 0 Å². The van der Waals surface area contributed by atoms with E-state index in [1.165, 1.54) is 6.33 Å². The summed E-state index contributed by atoms with van der Waals surface area (Å²) >= 11 is 0. The first kappa shape index (κ1) is 13.5. The van der Waals surface area contributed by atoms with Gasteiger partial charge in [0.2, 0.25) is 11.8 Å². The Morgan fingerprint density at radius 1 is 1.35 bits per heavy atom. The number of ether oxygens (including phenoxy) is 3. The van der Waals surface area contributed by atoms with E-state index in [9.17, 15) is 0 Å². The quantitative estimate of drug-likeness (QED) is 0.774. The van der Waals surface area contributed by atoms with Crippen molar-refractivity contribution in [2.24, 2.45) is 0 Å². The molecule has 1 atom stereocenters. The number of hydrogen-bond donors (Lipinski definition) is 1. The van der Waals surface area contributed by atoms with E-state index >= 15 is 0 Å². The molecule has 0 fully saturated rings. The van der Waals surface area contributed by atoms with Crippen LogP contribution >= 0.6 is 0 Å². The summed E-state index contributed by atoms with van der Waals surface area (Å²) in [4.78, 5) is 7.94. The van der Waals surface area contributed by atoms with Crippen LogP contribution in [0.3, 0.4) is 0 Å². The van der Waals surface area contributed by atoms with Crippen LogP contribution in [0.15, 0.2) is 6.33 Å². The molecule has 0 aromatic carbocycles. The molecule has 1 aromatic heterocycles. The zero-order chi connectivity index (χ0) is 12.7. The Morgan fingerprint density at radius 2 is 2.06 bits per heavy atom. The highest BCUT2D eigenvalue weighted by Gasteiger charge is 2.13. The van der Waals surface area contributed by atoms with Gasteiger partial charge >= 0.3 is 0 Å². The smallest absolute Gasteiger partial charge is 0.244 e. The lowest BCUT2D eigenvalue weighted by atomic mass is 10.4. The second-order valence-corrected chi connectivity index (χ2v) is 3.63. The van der Waals surface area contributed by atoms with E-state index in [1.807, 2.05) is 13.8 Å². The van der Waals surface area contributed by atoms with Crippen LogP contribution in [0.4, 0.5) is 5.69 Å². The normalized spacial score (nSPS) is 12.2. The van der Waals surface area contributed by atoms with Gasteiger partial charge in [-0.15, -0.1) is 0 Å². The second-order valence-electron chi connectivity index (χ2n) is 3.63. The van der Waals surface area contributed by atoms with E-state index in [2.05, 4.69) is 9.97 Å². The number of rotatable bonds is 7. The number of nitrogens with zero attached hydrogens (tertiary/aromatic N) is 2. The Hall–Kier alpha value is -1.56. The van der Waals surface area contributed by atoms with E-state index in [4.69, 9.17) is 19.9 Å². The molecule has 0 bridgehead atoms. The molecule has 2 N–H and O–H groups in total. The molecule has 0 amide bonds. The Labute approximate surface area is 101 Å². The number of methoxy groups -OCH3 is 1. The summed E-state index contributed by atoms with van der Waals surface area (Å²) in [6.45, 7) is 4.91. The highest BCUT2D eigenvalue weighted by atomic mass is 16.5. The van der Waals surface area contributed by atoms with E-state index < -0.39 is 0 Å². The topological polar surface area (TPSA) is 79.5 Å². The lowest BCUT2D eigenvalue weighted by Gasteiger charge is -2.15. The SMILES string of the molecule is CCCOc1ncnc(OC(C)COC)c1N. The average Bonchev–Trinajstić information content (AvgIpc) is 2.30. The maximum absolute atomic E-state index is 5.85. The van der Waals surface area contributed by atoms with Crippen molar-refractivity contribution in [3.63, 3.8) is 0 Å². The summed E-state index contributed by atoms with van der Waals surface area (Å²) in [5.74, 6) is 0.692. The third-order valence-electron chi connectivity index (χ3n) is 1.97. The molecular weight excluding hydrogens is 222 g/mol. The molecule has 6 nitrogen and oxygen atoms in total. The van der Waals surface area contributed by atoms with Gasteiger partial charge in [-0.25, -0.2) is 0 Å². The van der Waals surface area contributed by atoms with Crippen LogP contribution in [-0.4, -0.2) is 36.4 Å². The van der Waals surface area contributed by atoms with Gasteiger partial charge in [-0.1, -0.05) is 6.92 Å². The highest BCUT2D eigenvalue weighted by molar-refractivity contribution is 5.55. The van der Waals surface area contributed by atoms with Crippen LogP contribution in [0.25, 0.3) is 0 Å². The van der Waals surface area contributed by atoms with Crippen molar-refractivity contribution >= 4 is 5.69 Å². The molecule has 6 heteroatoms. The maximum atomic E-state index is 5.85. The first-order valence-corrected chi connectivity index (χ1v) is 5.57. The molecule has 17 heavy (non-hydrogen) atoms. The molecular formula is C11H19N3O3. The largest absolute Gasteiger partial charge is 0.476 e. The molecule has 1 aromatic rings. The van der Waals surface area contributed by atoms with Crippen LogP contribution in [0, 0.1) is 0 Å². The number of aromatic nitrogens is 2. The zero-order valence-corrected chi connectivity index (χ0v) is 10.5. The number of hydrogen-bond acceptors (Lipinski definition) is 6. The maximum Gasteiger partial charge on any atom is 0.244 e. The fraction of sp³-hybridized carbons (Fsp3) is 0.636. The summed E-state index contributed by atoms with van der Waals surface area (Å²) in [5.41, 5.74) is 6.18. The Bertz CT molecular complexity index is 347. The van der Waals surface area contributed by atoms with E-state index in [0.29, 0.717) is 30.7 Å². The fourth-order valence-electron chi connectivity index (χ4n) is 1.23. The molecule has 0 aliphatic rings. The average molecular weight is 241 g/mol. The van der Waals surface area contributed by atoms with Crippen LogP contribution in [0.1, 0.15) is 20.3 Å². The Balaban J connectivity index is 2.72. The van der Waals surface area contributed by atoms with Gasteiger partial charge in [-0.2, -0.15) is 9.97 Å². The van der Waals surface area contributed by atoms with Crippen LogP contribution in [-0.2, 0) is 4.74 Å².